The zero-order chi connectivity index (χ0) is 20.7. The van der Waals surface area contributed by atoms with Crippen molar-refractivity contribution >= 4 is 28.7 Å². The van der Waals surface area contributed by atoms with Crippen molar-refractivity contribution in [3.63, 3.8) is 0 Å². The van der Waals surface area contributed by atoms with Crippen LogP contribution in [0.15, 0.2) is 42.3 Å². The minimum absolute atomic E-state index is 0.204. The summed E-state index contributed by atoms with van der Waals surface area (Å²) in [6.45, 7) is 1.53. The van der Waals surface area contributed by atoms with Gasteiger partial charge >= 0.3 is 0 Å². The van der Waals surface area contributed by atoms with E-state index in [0.29, 0.717) is 22.6 Å². The number of carbonyl (C=O) groups is 2. The molecule has 1 aliphatic rings. The fraction of sp³-hybridized carbons (Fsp3) is 0.182. The van der Waals surface area contributed by atoms with Crippen LogP contribution in [0.2, 0.25) is 0 Å². The van der Waals surface area contributed by atoms with Gasteiger partial charge in [0.2, 0.25) is 5.78 Å². The molecule has 0 saturated carbocycles. The first-order chi connectivity index (χ1) is 13.9. The Kier molecular flexibility index (Phi) is 4.50. The third-order valence-corrected chi connectivity index (χ3v) is 4.92. The topological polar surface area (TPSA) is 92.8 Å². The number of aryl methyl sites for hydroxylation is 1. The molecule has 2 N–H and O–H groups in total. The number of aromatic nitrogens is 1. The second kappa shape index (κ2) is 7.01. The number of hydrogen-bond acceptors (Lipinski definition) is 5. The molecule has 2 heterocycles. The van der Waals surface area contributed by atoms with Crippen molar-refractivity contribution in [2.24, 2.45) is 12.8 Å². The van der Waals surface area contributed by atoms with Gasteiger partial charge in [0.1, 0.15) is 17.2 Å². The number of nitrogens with two attached hydrogens (primary N) is 1. The molecule has 0 spiro atoms. The summed E-state index contributed by atoms with van der Waals surface area (Å²) < 4.78 is 18.6. The van der Waals surface area contributed by atoms with E-state index in [-0.39, 0.29) is 18.1 Å². The molecule has 0 fully saturated rings. The summed E-state index contributed by atoms with van der Waals surface area (Å²) in [4.78, 5) is 23.8. The third-order valence-electron chi connectivity index (χ3n) is 4.92. The second-order valence-electron chi connectivity index (χ2n) is 6.84. The van der Waals surface area contributed by atoms with Crippen molar-refractivity contribution in [3.05, 3.63) is 59.0 Å². The van der Waals surface area contributed by atoms with Gasteiger partial charge in [-0.15, -0.1) is 0 Å². The monoisotopic (exact) mass is 392 g/mol. The van der Waals surface area contributed by atoms with Gasteiger partial charge in [0.15, 0.2) is 12.4 Å². The average molecular weight is 392 g/mol. The van der Waals surface area contributed by atoms with E-state index in [1.165, 1.54) is 0 Å². The molecule has 7 nitrogen and oxygen atoms in total. The Labute approximate surface area is 167 Å². The van der Waals surface area contributed by atoms with Gasteiger partial charge in [0, 0.05) is 35.3 Å². The summed E-state index contributed by atoms with van der Waals surface area (Å²) in [6, 6.07) is 9.06. The van der Waals surface area contributed by atoms with Crippen LogP contribution in [0.3, 0.4) is 0 Å². The Bertz CT molecular complexity index is 1190. The highest BCUT2D eigenvalue weighted by Crippen LogP contribution is 2.39. The number of benzene rings is 2. The predicted octanol–water partition coefficient (Wildman–Crippen LogP) is 2.98. The van der Waals surface area contributed by atoms with E-state index < -0.39 is 5.91 Å². The number of Topliss-reactive ketones (excluding diaryl/α,β-unsaturated/α-hetero) is 1. The molecule has 1 aliphatic heterocycles. The lowest BCUT2D eigenvalue weighted by molar-refractivity contribution is -0.119. The van der Waals surface area contributed by atoms with Crippen LogP contribution in [0.1, 0.15) is 21.5 Å². The first-order valence-corrected chi connectivity index (χ1v) is 9.01. The van der Waals surface area contributed by atoms with Gasteiger partial charge in [-0.1, -0.05) is 0 Å². The second-order valence-corrected chi connectivity index (χ2v) is 6.84. The quantitative estimate of drug-likeness (QED) is 0.674. The van der Waals surface area contributed by atoms with E-state index in [2.05, 4.69) is 0 Å². The lowest BCUT2D eigenvalue weighted by atomic mass is 10.1. The molecule has 3 aromatic rings. The Morgan fingerprint density at radius 2 is 2.07 bits per heavy atom. The van der Waals surface area contributed by atoms with Crippen LogP contribution in [0.4, 0.5) is 0 Å². The number of methoxy groups -OCH3 is 1. The Balaban J connectivity index is 1.72. The maximum Gasteiger partial charge on any atom is 0.255 e. The fourth-order valence-electron chi connectivity index (χ4n) is 3.46. The minimum atomic E-state index is -0.575. The summed E-state index contributed by atoms with van der Waals surface area (Å²) in [7, 11) is 3.55. The van der Waals surface area contributed by atoms with E-state index in [1.807, 2.05) is 36.0 Å². The highest BCUT2D eigenvalue weighted by atomic mass is 16.5. The van der Waals surface area contributed by atoms with E-state index in [0.717, 1.165) is 22.2 Å². The number of carbonyl (C=O) groups excluding carboxylic acids is 2. The molecule has 0 bridgehead atoms. The van der Waals surface area contributed by atoms with Crippen molar-refractivity contribution < 1.29 is 23.8 Å². The van der Waals surface area contributed by atoms with Crippen molar-refractivity contribution in [3.8, 4) is 17.2 Å². The minimum Gasteiger partial charge on any atom is -0.497 e. The van der Waals surface area contributed by atoms with E-state index in [9.17, 15) is 9.59 Å². The molecule has 4 rings (SSSR count). The highest BCUT2D eigenvalue weighted by molar-refractivity contribution is 6.15. The zero-order valence-corrected chi connectivity index (χ0v) is 16.3. The van der Waals surface area contributed by atoms with Gasteiger partial charge in [-0.25, -0.2) is 0 Å². The number of ether oxygens (including phenoxy) is 3. The van der Waals surface area contributed by atoms with Gasteiger partial charge in [0.25, 0.3) is 5.91 Å². The number of amides is 1. The standard InChI is InChI=1S/C22H20N2O5/c1-12-18(28-11-20(23)25)7-5-15-21(26)19(29-22(12)15)8-13-10-24(2)17-6-4-14(27-3)9-16(13)17/h4-10H,11H2,1-3H3,(H2,23,25)/b19-8+. The number of ketones is 1. The molecule has 1 aromatic heterocycles. The first-order valence-electron chi connectivity index (χ1n) is 9.01. The van der Waals surface area contributed by atoms with Crippen LogP contribution >= 0.6 is 0 Å². The fourth-order valence-corrected chi connectivity index (χ4v) is 3.46. The van der Waals surface area contributed by atoms with Gasteiger partial charge in [-0.2, -0.15) is 0 Å². The van der Waals surface area contributed by atoms with Crippen LogP contribution < -0.4 is 19.9 Å². The van der Waals surface area contributed by atoms with E-state index >= 15 is 0 Å². The maximum absolute atomic E-state index is 12.9. The van der Waals surface area contributed by atoms with Gasteiger partial charge < -0.3 is 24.5 Å². The normalized spacial score (nSPS) is 14.2. The first kappa shape index (κ1) is 18.6. The summed E-state index contributed by atoms with van der Waals surface area (Å²) in [5.41, 5.74) is 8.09. The van der Waals surface area contributed by atoms with Crippen molar-refractivity contribution in [2.45, 2.75) is 6.92 Å². The van der Waals surface area contributed by atoms with Crippen LogP contribution in [0.25, 0.3) is 17.0 Å². The molecule has 0 aliphatic carbocycles. The number of nitrogens with zero attached hydrogens (tertiary/aromatic N) is 1. The molecule has 0 saturated heterocycles. The van der Waals surface area contributed by atoms with Crippen molar-refractivity contribution in [2.75, 3.05) is 13.7 Å². The number of primary amides is 1. The third kappa shape index (κ3) is 3.20. The summed E-state index contributed by atoms with van der Waals surface area (Å²) in [6.07, 6.45) is 3.67. The molecule has 148 valence electrons. The average Bonchev–Trinajstić information content (AvgIpc) is 3.19. The lowest BCUT2D eigenvalue weighted by Crippen LogP contribution is -2.20. The molecule has 2 aromatic carbocycles. The number of hydrogen-bond donors (Lipinski definition) is 1. The Morgan fingerprint density at radius 3 is 2.79 bits per heavy atom. The van der Waals surface area contributed by atoms with Gasteiger partial charge in [0.05, 0.1) is 12.7 Å². The SMILES string of the molecule is COc1ccc2c(c1)c(/C=C1/Oc3c(ccc(OCC(N)=O)c3C)C1=O)cn2C. The zero-order valence-electron chi connectivity index (χ0n) is 16.3. The maximum atomic E-state index is 12.9. The van der Waals surface area contributed by atoms with Gasteiger partial charge in [-0.05, 0) is 43.3 Å². The molecule has 0 unspecified atom stereocenters. The molecule has 1 amide bonds. The highest BCUT2D eigenvalue weighted by Gasteiger charge is 2.30. The van der Waals surface area contributed by atoms with E-state index in [4.69, 9.17) is 19.9 Å². The molecule has 29 heavy (non-hydrogen) atoms. The van der Waals surface area contributed by atoms with Crippen LogP contribution in [-0.2, 0) is 11.8 Å². The lowest BCUT2D eigenvalue weighted by Gasteiger charge is -2.09. The summed E-state index contributed by atoms with van der Waals surface area (Å²) >= 11 is 0. The smallest absolute Gasteiger partial charge is 0.255 e. The van der Waals surface area contributed by atoms with Crippen molar-refractivity contribution in [1.82, 2.24) is 4.57 Å². The van der Waals surface area contributed by atoms with Crippen LogP contribution in [0.5, 0.6) is 17.2 Å². The Hall–Kier alpha value is -3.74. The number of allylic oxidation sites excluding steroid dienone is 1. The van der Waals surface area contributed by atoms with Gasteiger partial charge in [-0.3, -0.25) is 9.59 Å². The number of fused-ring (bicyclic) bond motifs is 2. The predicted molar refractivity (Wildman–Crippen MR) is 108 cm³/mol. The number of rotatable bonds is 5. The van der Waals surface area contributed by atoms with Crippen LogP contribution in [-0.4, -0.2) is 30.0 Å². The summed E-state index contributed by atoms with van der Waals surface area (Å²) in [5.74, 6) is 1.06. The van der Waals surface area contributed by atoms with E-state index in [1.54, 1.807) is 32.2 Å². The largest absolute Gasteiger partial charge is 0.497 e. The summed E-state index contributed by atoms with van der Waals surface area (Å²) in [5, 5.41) is 0.953. The van der Waals surface area contributed by atoms with Crippen molar-refractivity contribution in [1.29, 1.82) is 0 Å². The molecular weight excluding hydrogens is 372 g/mol. The molecule has 0 radical (unpaired) electrons. The molecule has 0 atom stereocenters. The molecular formula is C22H20N2O5. The Morgan fingerprint density at radius 1 is 1.28 bits per heavy atom. The molecule has 7 heteroatoms. The van der Waals surface area contributed by atoms with Crippen LogP contribution in [0, 0.1) is 6.92 Å².